The van der Waals surface area contributed by atoms with E-state index in [1.165, 1.54) is 12.1 Å². The van der Waals surface area contributed by atoms with Gasteiger partial charge in [0, 0.05) is 12.1 Å². The third-order valence-corrected chi connectivity index (χ3v) is 5.58. The number of benzene rings is 1. The van der Waals surface area contributed by atoms with Gasteiger partial charge in [0.25, 0.3) is 0 Å². The molecule has 1 saturated heterocycles. The molecule has 0 saturated carbocycles. The van der Waals surface area contributed by atoms with Crippen molar-refractivity contribution < 1.29 is 12.8 Å². The molecule has 1 fully saturated rings. The highest BCUT2D eigenvalue weighted by Crippen LogP contribution is 2.27. The maximum atomic E-state index is 12.8. The minimum atomic E-state index is -3.07. The van der Waals surface area contributed by atoms with Gasteiger partial charge < -0.3 is 5.32 Å². The standard InChI is InChI=1S/C12H16FNO2S/c1-8-7-17(15,16)9(2)12(14-8)10-3-5-11(13)6-4-10/h3-6,8-9,12,14H,7H2,1-2H3. The van der Waals surface area contributed by atoms with Crippen LogP contribution in [0.1, 0.15) is 25.5 Å². The summed E-state index contributed by atoms with van der Waals surface area (Å²) in [6.45, 7) is 3.54. The molecule has 1 aromatic carbocycles. The van der Waals surface area contributed by atoms with Gasteiger partial charge in [0.1, 0.15) is 5.82 Å². The van der Waals surface area contributed by atoms with Crippen molar-refractivity contribution >= 4 is 9.84 Å². The number of halogens is 1. The van der Waals surface area contributed by atoms with Gasteiger partial charge in [0.05, 0.1) is 11.0 Å². The zero-order chi connectivity index (χ0) is 12.6. The third-order valence-electron chi connectivity index (χ3n) is 3.21. The van der Waals surface area contributed by atoms with Crippen LogP contribution in [0.4, 0.5) is 4.39 Å². The molecular weight excluding hydrogens is 241 g/mol. The van der Waals surface area contributed by atoms with E-state index >= 15 is 0 Å². The summed E-state index contributed by atoms with van der Waals surface area (Å²) in [6.07, 6.45) is 0. The molecule has 0 aromatic heterocycles. The van der Waals surface area contributed by atoms with Gasteiger partial charge in [-0.2, -0.15) is 0 Å². The van der Waals surface area contributed by atoms with Crippen LogP contribution in [0.5, 0.6) is 0 Å². The highest BCUT2D eigenvalue weighted by atomic mass is 32.2. The Morgan fingerprint density at radius 1 is 1.24 bits per heavy atom. The molecule has 0 spiro atoms. The smallest absolute Gasteiger partial charge is 0.156 e. The molecule has 0 radical (unpaired) electrons. The highest BCUT2D eigenvalue weighted by molar-refractivity contribution is 7.92. The van der Waals surface area contributed by atoms with Crippen LogP contribution in [0.25, 0.3) is 0 Å². The predicted octanol–water partition coefficient (Wildman–Crippen LogP) is 1.66. The Morgan fingerprint density at radius 3 is 2.41 bits per heavy atom. The number of nitrogens with one attached hydrogen (secondary N) is 1. The summed E-state index contributed by atoms with van der Waals surface area (Å²) < 4.78 is 36.7. The number of hydrogen-bond donors (Lipinski definition) is 1. The zero-order valence-corrected chi connectivity index (χ0v) is 10.7. The minimum Gasteiger partial charge on any atom is -0.305 e. The Balaban J connectivity index is 2.34. The lowest BCUT2D eigenvalue weighted by molar-refractivity contribution is 0.427. The van der Waals surface area contributed by atoms with Gasteiger partial charge in [-0.3, -0.25) is 0 Å². The maximum absolute atomic E-state index is 12.8. The predicted molar refractivity (Wildman–Crippen MR) is 65.0 cm³/mol. The minimum absolute atomic E-state index is 0.0775. The van der Waals surface area contributed by atoms with E-state index in [4.69, 9.17) is 0 Å². The lowest BCUT2D eigenvalue weighted by Gasteiger charge is -2.34. The number of rotatable bonds is 1. The fraction of sp³-hybridized carbons (Fsp3) is 0.500. The van der Waals surface area contributed by atoms with Gasteiger partial charge in [-0.15, -0.1) is 0 Å². The molecule has 1 aliphatic heterocycles. The quantitative estimate of drug-likeness (QED) is 0.832. The molecule has 1 heterocycles. The van der Waals surface area contributed by atoms with Gasteiger partial charge in [-0.25, -0.2) is 12.8 Å². The summed E-state index contributed by atoms with van der Waals surface area (Å²) in [6, 6.07) is 5.65. The summed E-state index contributed by atoms with van der Waals surface area (Å²) in [5.41, 5.74) is 0.814. The summed E-state index contributed by atoms with van der Waals surface area (Å²) >= 11 is 0. The van der Waals surface area contributed by atoms with Crippen molar-refractivity contribution in [1.29, 1.82) is 0 Å². The van der Waals surface area contributed by atoms with Crippen LogP contribution in [0.15, 0.2) is 24.3 Å². The Morgan fingerprint density at radius 2 is 1.82 bits per heavy atom. The second-order valence-corrected chi connectivity index (χ2v) is 7.03. The molecule has 0 aliphatic carbocycles. The molecule has 0 bridgehead atoms. The molecule has 1 aliphatic rings. The third kappa shape index (κ3) is 2.50. The molecule has 1 N–H and O–H groups in total. The average molecular weight is 257 g/mol. The molecule has 5 heteroatoms. The highest BCUT2D eigenvalue weighted by Gasteiger charge is 2.37. The topological polar surface area (TPSA) is 46.2 Å². The SMILES string of the molecule is CC1CS(=O)(=O)C(C)C(c2ccc(F)cc2)N1. The van der Waals surface area contributed by atoms with Crippen LogP contribution in [-0.4, -0.2) is 25.5 Å². The molecular formula is C12H16FNO2S. The Hall–Kier alpha value is -0.940. The monoisotopic (exact) mass is 257 g/mol. The molecule has 3 unspecified atom stereocenters. The van der Waals surface area contributed by atoms with Gasteiger partial charge in [0.15, 0.2) is 9.84 Å². The normalized spacial score (nSPS) is 32.3. The average Bonchev–Trinajstić information content (AvgIpc) is 2.24. The van der Waals surface area contributed by atoms with Gasteiger partial charge in [0.2, 0.25) is 0 Å². The first-order valence-corrected chi connectivity index (χ1v) is 7.35. The van der Waals surface area contributed by atoms with Crippen molar-refractivity contribution in [3.05, 3.63) is 35.6 Å². The molecule has 2 rings (SSSR count). The Labute approximate surface area is 101 Å². The Bertz CT molecular complexity index is 498. The van der Waals surface area contributed by atoms with Crippen molar-refractivity contribution in [3.8, 4) is 0 Å². The molecule has 3 nitrogen and oxygen atoms in total. The zero-order valence-electron chi connectivity index (χ0n) is 9.85. The van der Waals surface area contributed by atoms with Crippen LogP contribution in [-0.2, 0) is 9.84 Å². The van der Waals surface area contributed by atoms with Crippen LogP contribution in [0, 0.1) is 5.82 Å². The van der Waals surface area contributed by atoms with E-state index in [0.29, 0.717) is 0 Å². The van der Waals surface area contributed by atoms with Crippen molar-refractivity contribution in [3.63, 3.8) is 0 Å². The van der Waals surface area contributed by atoms with Crippen LogP contribution in [0.3, 0.4) is 0 Å². The fourth-order valence-corrected chi connectivity index (χ4v) is 3.98. The van der Waals surface area contributed by atoms with Crippen molar-refractivity contribution in [2.45, 2.75) is 31.2 Å². The van der Waals surface area contributed by atoms with E-state index < -0.39 is 15.1 Å². The second-order valence-electron chi connectivity index (χ2n) is 4.63. The Kier molecular flexibility index (Phi) is 3.23. The number of sulfone groups is 1. The van der Waals surface area contributed by atoms with E-state index in [-0.39, 0.29) is 23.7 Å². The largest absolute Gasteiger partial charge is 0.305 e. The summed E-state index contributed by atoms with van der Waals surface area (Å²) in [5.74, 6) is -0.153. The first kappa shape index (κ1) is 12.5. The maximum Gasteiger partial charge on any atom is 0.156 e. The van der Waals surface area contributed by atoms with Crippen LogP contribution < -0.4 is 5.32 Å². The van der Waals surface area contributed by atoms with Gasteiger partial charge >= 0.3 is 0 Å². The van der Waals surface area contributed by atoms with E-state index in [1.54, 1.807) is 19.1 Å². The van der Waals surface area contributed by atoms with Crippen LogP contribution >= 0.6 is 0 Å². The molecule has 0 amide bonds. The molecule has 3 atom stereocenters. The van der Waals surface area contributed by atoms with E-state index in [1.807, 2.05) is 6.92 Å². The van der Waals surface area contributed by atoms with Crippen LogP contribution in [0.2, 0.25) is 0 Å². The molecule has 1 aromatic rings. The first-order valence-electron chi connectivity index (χ1n) is 5.63. The molecule has 17 heavy (non-hydrogen) atoms. The summed E-state index contributed by atoms with van der Waals surface area (Å²) in [5, 5.41) is 2.77. The van der Waals surface area contributed by atoms with Gasteiger partial charge in [-0.05, 0) is 31.5 Å². The first-order chi connectivity index (χ1) is 7.90. The van der Waals surface area contributed by atoms with Gasteiger partial charge in [-0.1, -0.05) is 12.1 Å². The van der Waals surface area contributed by atoms with E-state index in [0.717, 1.165) is 5.56 Å². The lowest BCUT2D eigenvalue weighted by atomic mass is 10.0. The summed E-state index contributed by atoms with van der Waals surface area (Å²) in [7, 11) is -3.07. The lowest BCUT2D eigenvalue weighted by Crippen LogP contribution is -2.50. The van der Waals surface area contributed by atoms with E-state index in [9.17, 15) is 12.8 Å². The van der Waals surface area contributed by atoms with Crippen molar-refractivity contribution in [2.24, 2.45) is 0 Å². The second kappa shape index (κ2) is 4.38. The number of hydrogen-bond acceptors (Lipinski definition) is 3. The van der Waals surface area contributed by atoms with Crippen molar-refractivity contribution in [2.75, 3.05) is 5.75 Å². The fourth-order valence-electron chi connectivity index (χ4n) is 2.24. The molecule has 94 valence electrons. The van der Waals surface area contributed by atoms with E-state index in [2.05, 4.69) is 5.32 Å². The summed E-state index contributed by atoms with van der Waals surface area (Å²) in [4.78, 5) is 0. The van der Waals surface area contributed by atoms with Crippen molar-refractivity contribution in [1.82, 2.24) is 5.32 Å².